The highest BCUT2D eigenvalue weighted by molar-refractivity contribution is 7.99. The molecular weight excluding hydrogens is 532 g/mol. The molecule has 0 bridgehead atoms. The second-order valence-electron chi connectivity index (χ2n) is 10.4. The van der Waals surface area contributed by atoms with Gasteiger partial charge in [0.25, 0.3) is 0 Å². The van der Waals surface area contributed by atoms with E-state index in [9.17, 15) is 0 Å². The van der Waals surface area contributed by atoms with Crippen LogP contribution >= 0.6 is 11.8 Å². The van der Waals surface area contributed by atoms with Gasteiger partial charge in [0.05, 0.1) is 19.3 Å². The van der Waals surface area contributed by atoms with Crippen LogP contribution in [0.4, 0.5) is 0 Å². The first kappa shape index (κ1) is 28.2. The van der Waals surface area contributed by atoms with Crippen LogP contribution in [0.25, 0.3) is 0 Å². The van der Waals surface area contributed by atoms with E-state index in [0.29, 0.717) is 19.6 Å². The molecule has 0 radical (unpaired) electrons. The molecule has 0 amide bonds. The quantitative estimate of drug-likeness (QED) is 0.199. The molecule has 4 aromatic carbocycles. The van der Waals surface area contributed by atoms with Crippen molar-refractivity contribution in [2.75, 3.05) is 7.11 Å². The predicted molar refractivity (Wildman–Crippen MR) is 160 cm³/mol. The summed E-state index contributed by atoms with van der Waals surface area (Å²) in [4.78, 5) is 1.12. The number of thioether (sulfide) groups is 1. The van der Waals surface area contributed by atoms with Crippen molar-refractivity contribution in [2.24, 2.45) is 0 Å². The van der Waals surface area contributed by atoms with Gasteiger partial charge in [-0.1, -0.05) is 121 Å². The van der Waals surface area contributed by atoms with E-state index >= 15 is 0 Å². The molecule has 0 aliphatic carbocycles. The van der Waals surface area contributed by atoms with E-state index in [1.54, 1.807) is 18.9 Å². The van der Waals surface area contributed by atoms with Crippen molar-refractivity contribution in [1.82, 2.24) is 0 Å². The molecule has 2 fully saturated rings. The Morgan fingerprint density at radius 3 is 1.83 bits per heavy atom. The minimum atomic E-state index is -0.885. The number of hydrogen-bond donors (Lipinski definition) is 0. The van der Waals surface area contributed by atoms with Gasteiger partial charge in [-0.25, -0.2) is 0 Å². The summed E-state index contributed by atoms with van der Waals surface area (Å²) in [6.07, 6.45) is 0.113. The fourth-order valence-corrected chi connectivity index (χ4v) is 6.81. The van der Waals surface area contributed by atoms with Gasteiger partial charge < -0.3 is 23.7 Å². The van der Waals surface area contributed by atoms with Gasteiger partial charge in [-0.2, -0.15) is 0 Å². The Hall–Kier alpha value is -2.97. The van der Waals surface area contributed by atoms with Crippen molar-refractivity contribution < 1.29 is 23.7 Å². The number of fused-ring (bicyclic) bond motifs is 1. The van der Waals surface area contributed by atoms with Gasteiger partial charge in [0.1, 0.15) is 23.7 Å². The Bertz CT molecular complexity index is 1340. The average molecular weight is 569 g/mol. The first-order chi connectivity index (χ1) is 20.2. The summed E-state index contributed by atoms with van der Waals surface area (Å²) >= 11 is 1.68. The van der Waals surface area contributed by atoms with Gasteiger partial charge >= 0.3 is 0 Å². The molecular formula is C35H36O5S. The van der Waals surface area contributed by atoms with Gasteiger partial charge in [0.15, 0.2) is 5.79 Å². The van der Waals surface area contributed by atoms with Gasteiger partial charge in [-0.15, -0.1) is 0 Å². The van der Waals surface area contributed by atoms with E-state index in [-0.39, 0.29) is 17.6 Å². The molecule has 0 aromatic heterocycles. The smallest absolute Gasteiger partial charge is 0.195 e. The molecule has 5 nitrogen and oxygen atoms in total. The minimum Gasteiger partial charge on any atom is -0.368 e. The van der Waals surface area contributed by atoms with Crippen LogP contribution < -0.4 is 0 Å². The highest BCUT2D eigenvalue weighted by atomic mass is 32.2. The molecule has 41 heavy (non-hydrogen) atoms. The van der Waals surface area contributed by atoms with E-state index < -0.39 is 18.0 Å². The van der Waals surface area contributed by atoms with Gasteiger partial charge in [0.2, 0.25) is 0 Å². The lowest BCUT2D eigenvalue weighted by Gasteiger charge is -2.52. The number of rotatable bonds is 10. The van der Waals surface area contributed by atoms with E-state index in [1.807, 2.05) is 72.8 Å². The molecule has 4 aromatic rings. The maximum Gasteiger partial charge on any atom is 0.195 e. The topological polar surface area (TPSA) is 46.2 Å². The molecule has 2 aliphatic rings. The first-order valence-corrected chi connectivity index (χ1v) is 15.1. The van der Waals surface area contributed by atoms with Crippen LogP contribution in [0.5, 0.6) is 0 Å². The third kappa shape index (κ3) is 6.59. The summed E-state index contributed by atoms with van der Waals surface area (Å²) in [5, 5.41) is 0. The van der Waals surface area contributed by atoms with Crippen molar-refractivity contribution in [2.45, 2.75) is 66.6 Å². The van der Waals surface area contributed by atoms with Crippen LogP contribution in [-0.4, -0.2) is 37.0 Å². The monoisotopic (exact) mass is 568 g/mol. The average Bonchev–Trinajstić information content (AvgIpc) is 3.04. The molecule has 6 atom stereocenters. The summed E-state index contributed by atoms with van der Waals surface area (Å²) in [5.74, 6) is -0.885. The molecule has 2 aliphatic heterocycles. The van der Waals surface area contributed by atoms with Crippen molar-refractivity contribution in [1.29, 1.82) is 0 Å². The highest BCUT2D eigenvalue weighted by Crippen LogP contribution is 2.46. The van der Waals surface area contributed by atoms with Crippen LogP contribution in [-0.2, 0) is 42.7 Å². The summed E-state index contributed by atoms with van der Waals surface area (Å²) in [6.45, 7) is 0.884. The minimum absolute atomic E-state index is 0.166. The molecule has 0 N–H and O–H groups in total. The maximum atomic E-state index is 6.93. The Morgan fingerprint density at radius 1 is 0.707 bits per heavy atom. The molecule has 2 heterocycles. The second-order valence-corrected chi connectivity index (χ2v) is 11.6. The number of hydrogen-bond acceptors (Lipinski definition) is 6. The SMILES string of the molecule is CO[C@@]1(c2ccccc2)CC[C@H]2O[C@H](Sc3ccccc3)[C@@H](OCc3ccccc3)[C@@H](OCc3ccccc3)[C@@H]2O1. The molecule has 6 rings (SSSR count). The van der Waals surface area contributed by atoms with Crippen molar-refractivity contribution in [3.05, 3.63) is 138 Å². The zero-order chi connectivity index (χ0) is 27.9. The van der Waals surface area contributed by atoms with Crippen molar-refractivity contribution in [3.8, 4) is 0 Å². The van der Waals surface area contributed by atoms with Gasteiger partial charge in [-0.05, 0) is 29.7 Å². The normalized spacial score (nSPS) is 27.7. The largest absolute Gasteiger partial charge is 0.368 e. The molecule has 2 saturated heterocycles. The predicted octanol–water partition coefficient (Wildman–Crippen LogP) is 7.35. The zero-order valence-corrected chi connectivity index (χ0v) is 24.0. The number of methoxy groups -OCH3 is 1. The lowest BCUT2D eigenvalue weighted by molar-refractivity contribution is -0.349. The standard InChI is InChI=1S/C35H36O5S/c1-36-35(28-18-10-4-11-19-28)23-22-30-31(40-35)32(37-24-26-14-6-2-7-15-26)33(38-25-27-16-8-3-9-17-27)34(39-30)41-29-20-12-5-13-21-29/h2-21,30-34H,22-25H2,1H3/t30-,31-,32+,33+,34-,35+/m1/s1. The second kappa shape index (κ2) is 13.3. The third-order valence-electron chi connectivity index (χ3n) is 7.78. The van der Waals surface area contributed by atoms with E-state index in [4.69, 9.17) is 23.7 Å². The van der Waals surface area contributed by atoms with E-state index in [2.05, 4.69) is 48.5 Å². The third-order valence-corrected chi connectivity index (χ3v) is 8.94. The zero-order valence-electron chi connectivity index (χ0n) is 23.2. The number of ether oxygens (including phenoxy) is 5. The summed E-state index contributed by atoms with van der Waals surface area (Å²) in [7, 11) is 1.72. The van der Waals surface area contributed by atoms with Crippen LogP contribution in [0.15, 0.2) is 126 Å². The van der Waals surface area contributed by atoms with Crippen molar-refractivity contribution in [3.63, 3.8) is 0 Å². The Labute approximate surface area is 246 Å². The van der Waals surface area contributed by atoms with Crippen LogP contribution in [0.3, 0.4) is 0 Å². The number of benzene rings is 4. The molecule has 212 valence electrons. The Balaban J connectivity index is 1.34. The Kier molecular flexibility index (Phi) is 9.16. The molecule has 6 heteroatoms. The lowest BCUT2D eigenvalue weighted by Crippen LogP contribution is -2.63. The summed E-state index contributed by atoms with van der Waals surface area (Å²) in [5.41, 5.74) is 2.91. The molecule has 0 saturated carbocycles. The van der Waals surface area contributed by atoms with Crippen LogP contribution in [0, 0.1) is 0 Å². The fraction of sp³-hybridized carbons (Fsp3) is 0.314. The molecule has 0 spiro atoms. The van der Waals surface area contributed by atoms with Gasteiger partial charge in [0, 0.05) is 24.0 Å². The van der Waals surface area contributed by atoms with E-state index in [0.717, 1.165) is 28.0 Å². The fourth-order valence-electron chi connectivity index (χ4n) is 5.66. The Morgan fingerprint density at radius 2 is 1.24 bits per heavy atom. The first-order valence-electron chi connectivity index (χ1n) is 14.2. The summed E-state index contributed by atoms with van der Waals surface area (Å²) in [6, 6.07) is 41.0. The lowest BCUT2D eigenvalue weighted by atomic mass is 9.88. The maximum absolute atomic E-state index is 6.93. The van der Waals surface area contributed by atoms with E-state index in [1.165, 1.54) is 0 Å². The van der Waals surface area contributed by atoms with Crippen LogP contribution in [0.2, 0.25) is 0 Å². The van der Waals surface area contributed by atoms with Crippen LogP contribution in [0.1, 0.15) is 29.5 Å². The summed E-state index contributed by atoms with van der Waals surface area (Å²) < 4.78 is 33.4. The highest BCUT2D eigenvalue weighted by Gasteiger charge is 2.55. The molecule has 0 unspecified atom stereocenters. The van der Waals surface area contributed by atoms with Crippen molar-refractivity contribution >= 4 is 11.8 Å². The van der Waals surface area contributed by atoms with Gasteiger partial charge in [-0.3, -0.25) is 0 Å².